The molecule has 1 aromatic carbocycles. The summed E-state index contributed by atoms with van der Waals surface area (Å²) in [4.78, 5) is 21.5. The van der Waals surface area contributed by atoms with Crippen molar-refractivity contribution in [2.75, 3.05) is 26.2 Å². The third kappa shape index (κ3) is 3.76. The summed E-state index contributed by atoms with van der Waals surface area (Å²) in [5.41, 5.74) is 2.26. The van der Waals surface area contributed by atoms with Crippen LogP contribution in [0.5, 0.6) is 0 Å². The van der Waals surface area contributed by atoms with Gasteiger partial charge in [-0.25, -0.2) is 4.98 Å². The fourth-order valence-electron chi connectivity index (χ4n) is 3.68. The quantitative estimate of drug-likeness (QED) is 0.696. The van der Waals surface area contributed by atoms with Crippen molar-refractivity contribution in [3.05, 3.63) is 54.2 Å². The zero-order valence-corrected chi connectivity index (χ0v) is 16.0. The Morgan fingerprint density at radius 1 is 1.11 bits per heavy atom. The molecule has 142 valence electrons. The Bertz CT molecular complexity index is 906. The summed E-state index contributed by atoms with van der Waals surface area (Å²) >= 11 is 0. The van der Waals surface area contributed by atoms with Gasteiger partial charge in [0.25, 0.3) is 5.91 Å². The fourth-order valence-corrected chi connectivity index (χ4v) is 3.68. The molecular formula is C21H26N4O2. The number of carbonyl (C=O) groups excluding carboxylic acids is 1. The summed E-state index contributed by atoms with van der Waals surface area (Å²) in [7, 11) is 0. The Morgan fingerprint density at radius 3 is 2.59 bits per heavy atom. The van der Waals surface area contributed by atoms with E-state index in [2.05, 4.69) is 41.5 Å². The molecule has 0 radical (unpaired) electrons. The largest absolute Gasteiger partial charge is 0.459 e. The number of piperazine rings is 1. The highest BCUT2D eigenvalue weighted by atomic mass is 16.3. The van der Waals surface area contributed by atoms with Crippen molar-refractivity contribution in [1.29, 1.82) is 0 Å². The van der Waals surface area contributed by atoms with Crippen LogP contribution in [0.1, 0.15) is 30.2 Å². The van der Waals surface area contributed by atoms with Crippen LogP contribution in [0, 0.1) is 5.92 Å². The molecule has 2 aromatic heterocycles. The monoisotopic (exact) mass is 366 g/mol. The van der Waals surface area contributed by atoms with Gasteiger partial charge >= 0.3 is 0 Å². The van der Waals surface area contributed by atoms with Crippen LogP contribution in [0.2, 0.25) is 0 Å². The fraction of sp³-hybridized carbons (Fsp3) is 0.429. The summed E-state index contributed by atoms with van der Waals surface area (Å²) in [6.45, 7) is 9.36. The summed E-state index contributed by atoms with van der Waals surface area (Å²) in [6.07, 6.45) is 1.54. The van der Waals surface area contributed by atoms with Gasteiger partial charge < -0.3 is 13.9 Å². The Labute approximate surface area is 159 Å². The highest BCUT2D eigenvalue weighted by Gasteiger charge is 2.25. The molecule has 0 aliphatic carbocycles. The highest BCUT2D eigenvalue weighted by molar-refractivity contribution is 5.91. The van der Waals surface area contributed by atoms with Crippen LogP contribution in [0.3, 0.4) is 0 Å². The van der Waals surface area contributed by atoms with Crippen LogP contribution in [0.25, 0.3) is 11.0 Å². The summed E-state index contributed by atoms with van der Waals surface area (Å²) in [6, 6.07) is 11.8. The molecule has 3 aromatic rings. The minimum Gasteiger partial charge on any atom is -0.459 e. The molecule has 3 heterocycles. The smallest absolute Gasteiger partial charge is 0.289 e. The maximum atomic E-state index is 12.4. The van der Waals surface area contributed by atoms with Gasteiger partial charge in [-0.15, -0.1) is 0 Å². The topological polar surface area (TPSA) is 54.5 Å². The van der Waals surface area contributed by atoms with Gasteiger partial charge in [-0.1, -0.05) is 26.0 Å². The predicted octanol–water partition coefficient (Wildman–Crippen LogP) is 3.24. The second kappa shape index (κ2) is 7.56. The second-order valence-electron chi connectivity index (χ2n) is 7.57. The molecule has 0 spiro atoms. The number of rotatable bonds is 5. The minimum absolute atomic E-state index is 0.0216. The first-order chi connectivity index (χ1) is 13.1. The van der Waals surface area contributed by atoms with Gasteiger partial charge in [0.2, 0.25) is 0 Å². The molecular weight excluding hydrogens is 340 g/mol. The predicted molar refractivity (Wildman–Crippen MR) is 104 cm³/mol. The molecule has 1 aliphatic rings. The summed E-state index contributed by atoms with van der Waals surface area (Å²) in [5, 5.41) is 0. The van der Waals surface area contributed by atoms with E-state index in [9.17, 15) is 4.79 Å². The number of hydrogen-bond acceptors (Lipinski definition) is 4. The van der Waals surface area contributed by atoms with Gasteiger partial charge in [0.05, 0.1) is 23.8 Å². The molecule has 0 N–H and O–H groups in total. The van der Waals surface area contributed by atoms with Crippen LogP contribution in [-0.2, 0) is 13.1 Å². The second-order valence-corrected chi connectivity index (χ2v) is 7.57. The average molecular weight is 366 g/mol. The molecule has 0 saturated carbocycles. The number of furan rings is 1. The number of fused-ring (bicyclic) bond motifs is 1. The first kappa shape index (κ1) is 17.8. The Hall–Kier alpha value is -2.60. The van der Waals surface area contributed by atoms with Gasteiger partial charge in [0.1, 0.15) is 5.82 Å². The van der Waals surface area contributed by atoms with E-state index in [1.165, 1.54) is 5.52 Å². The first-order valence-corrected chi connectivity index (χ1v) is 9.61. The molecule has 1 saturated heterocycles. The number of carbonyl (C=O) groups is 1. The van der Waals surface area contributed by atoms with Crippen LogP contribution in [0.4, 0.5) is 0 Å². The summed E-state index contributed by atoms with van der Waals surface area (Å²) in [5.74, 6) is 2.06. The zero-order chi connectivity index (χ0) is 18.8. The molecule has 6 nitrogen and oxygen atoms in total. The van der Waals surface area contributed by atoms with E-state index in [0.717, 1.165) is 37.5 Å². The number of nitrogens with zero attached hydrogens (tertiary/aromatic N) is 4. The number of hydrogen-bond donors (Lipinski definition) is 0. The van der Waals surface area contributed by atoms with E-state index >= 15 is 0 Å². The van der Waals surface area contributed by atoms with Gasteiger partial charge in [-0.3, -0.25) is 9.69 Å². The van der Waals surface area contributed by atoms with Crippen molar-refractivity contribution in [2.45, 2.75) is 26.9 Å². The van der Waals surface area contributed by atoms with E-state index in [1.807, 2.05) is 11.0 Å². The lowest BCUT2D eigenvalue weighted by Gasteiger charge is -2.34. The molecule has 1 aliphatic heterocycles. The van der Waals surface area contributed by atoms with E-state index in [1.54, 1.807) is 18.4 Å². The average Bonchev–Trinajstić information content (AvgIpc) is 3.31. The van der Waals surface area contributed by atoms with Crippen LogP contribution < -0.4 is 0 Å². The van der Waals surface area contributed by atoms with Crippen LogP contribution >= 0.6 is 0 Å². The molecule has 0 unspecified atom stereocenters. The number of amides is 1. The van der Waals surface area contributed by atoms with E-state index in [0.29, 0.717) is 24.8 Å². The van der Waals surface area contributed by atoms with Gasteiger partial charge in [-0.2, -0.15) is 0 Å². The minimum atomic E-state index is -0.0216. The van der Waals surface area contributed by atoms with Crippen LogP contribution in [-0.4, -0.2) is 51.4 Å². The zero-order valence-electron chi connectivity index (χ0n) is 16.0. The van der Waals surface area contributed by atoms with E-state index in [-0.39, 0.29) is 5.91 Å². The standard InChI is InChI=1S/C21H26N4O2/c1-16(2)14-25-18-7-4-3-6-17(18)22-20(25)15-23-9-11-24(12-10-23)21(26)19-8-5-13-27-19/h3-8,13,16H,9-12,14-15H2,1-2H3. The molecule has 4 rings (SSSR count). The van der Waals surface area contributed by atoms with E-state index in [4.69, 9.17) is 9.40 Å². The van der Waals surface area contributed by atoms with Crippen molar-refractivity contribution >= 4 is 16.9 Å². The Morgan fingerprint density at radius 2 is 1.89 bits per heavy atom. The summed E-state index contributed by atoms with van der Waals surface area (Å²) < 4.78 is 7.59. The van der Waals surface area contributed by atoms with Crippen molar-refractivity contribution in [3.63, 3.8) is 0 Å². The first-order valence-electron chi connectivity index (χ1n) is 9.61. The molecule has 27 heavy (non-hydrogen) atoms. The van der Waals surface area contributed by atoms with Crippen molar-refractivity contribution in [1.82, 2.24) is 19.4 Å². The lowest BCUT2D eigenvalue weighted by molar-refractivity contribution is 0.0593. The van der Waals surface area contributed by atoms with Crippen molar-refractivity contribution in [3.8, 4) is 0 Å². The molecule has 6 heteroatoms. The van der Waals surface area contributed by atoms with Crippen molar-refractivity contribution in [2.24, 2.45) is 5.92 Å². The molecule has 1 fully saturated rings. The lowest BCUT2D eigenvalue weighted by Crippen LogP contribution is -2.48. The maximum Gasteiger partial charge on any atom is 0.289 e. The normalized spacial score (nSPS) is 15.7. The Kier molecular flexibility index (Phi) is 4.99. The number of benzene rings is 1. The number of imidazole rings is 1. The highest BCUT2D eigenvalue weighted by Crippen LogP contribution is 2.20. The third-order valence-electron chi connectivity index (χ3n) is 5.04. The number of para-hydroxylation sites is 2. The third-order valence-corrected chi connectivity index (χ3v) is 5.04. The van der Waals surface area contributed by atoms with Gasteiger partial charge in [0, 0.05) is 32.7 Å². The van der Waals surface area contributed by atoms with Gasteiger partial charge in [-0.05, 0) is 30.2 Å². The number of aromatic nitrogens is 2. The Balaban J connectivity index is 1.45. The SMILES string of the molecule is CC(C)Cn1c(CN2CCN(C(=O)c3ccco3)CC2)nc2ccccc21. The molecule has 1 amide bonds. The van der Waals surface area contributed by atoms with Gasteiger partial charge in [0.15, 0.2) is 5.76 Å². The molecule has 0 atom stereocenters. The maximum absolute atomic E-state index is 12.4. The lowest BCUT2D eigenvalue weighted by atomic mass is 10.2. The van der Waals surface area contributed by atoms with Crippen molar-refractivity contribution < 1.29 is 9.21 Å². The van der Waals surface area contributed by atoms with E-state index < -0.39 is 0 Å². The van der Waals surface area contributed by atoms with Crippen LogP contribution in [0.15, 0.2) is 47.1 Å². The molecule has 0 bridgehead atoms.